The maximum absolute atomic E-state index is 12.2. The van der Waals surface area contributed by atoms with Crippen LogP contribution in [0.3, 0.4) is 0 Å². The van der Waals surface area contributed by atoms with Gasteiger partial charge in [-0.2, -0.15) is 0 Å². The molecule has 0 radical (unpaired) electrons. The van der Waals surface area contributed by atoms with Crippen LogP contribution in [0.4, 0.5) is 0 Å². The molecule has 0 spiro atoms. The van der Waals surface area contributed by atoms with Crippen molar-refractivity contribution in [2.45, 2.75) is 26.7 Å². The van der Waals surface area contributed by atoms with Crippen LogP contribution >= 0.6 is 0 Å². The normalized spacial score (nSPS) is 11.3. The van der Waals surface area contributed by atoms with Crippen molar-refractivity contribution in [2.24, 2.45) is 0 Å². The van der Waals surface area contributed by atoms with Gasteiger partial charge >= 0.3 is 0 Å². The highest BCUT2D eigenvalue weighted by Gasteiger charge is 2.08. The number of hydrogen-bond donors (Lipinski definition) is 0. The molecule has 1 aromatic rings. The number of hydrogen-bond acceptors (Lipinski definition) is 3. The van der Waals surface area contributed by atoms with Crippen molar-refractivity contribution in [3.05, 3.63) is 34.9 Å². The molecule has 0 unspecified atom stereocenters. The minimum atomic E-state index is 0.247. The fourth-order valence-electron chi connectivity index (χ4n) is 2.34. The van der Waals surface area contributed by atoms with Gasteiger partial charge in [0.25, 0.3) is 0 Å². The van der Waals surface area contributed by atoms with Crippen LogP contribution in [-0.2, 0) is 0 Å². The first-order valence-corrected chi connectivity index (χ1v) is 7.33. The summed E-state index contributed by atoms with van der Waals surface area (Å²) in [5, 5.41) is 0. The van der Waals surface area contributed by atoms with Gasteiger partial charge in [0.05, 0.1) is 0 Å². The Morgan fingerprint density at radius 2 is 1.55 bits per heavy atom. The van der Waals surface area contributed by atoms with E-state index in [2.05, 4.69) is 37.0 Å². The van der Waals surface area contributed by atoms with Gasteiger partial charge in [0.2, 0.25) is 0 Å². The number of benzene rings is 1. The lowest BCUT2D eigenvalue weighted by molar-refractivity contribution is 0.0968. The van der Waals surface area contributed by atoms with Gasteiger partial charge in [-0.05, 0) is 66.6 Å². The standard InChI is InChI=1S/C17H28N2O/c1-14-11-15(2)13-16(12-14)17(20)7-10-19(5)9-6-8-18(3)4/h11-13H,6-10H2,1-5H3. The van der Waals surface area contributed by atoms with Crippen molar-refractivity contribution in [2.75, 3.05) is 40.8 Å². The van der Waals surface area contributed by atoms with E-state index in [9.17, 15) is 4.79 Å². The lowest BCUT2D eigenvalue weighted by Gasteiger charge is -2.17. The van der Waals surface area contributed by atoms with E-state index in [4.69, 9.17) is 0 Å². The van der Waals surface area contributed by atoms with Crippen LogP contribution in [0, 0.1) is 13.8 Å². The predicted molar refractivity (Wildman–Crippen MR) is 85.5 cm³/mol. The zero-order valence-electron chi connectivity index (χ0n) is 13.6. The molecular weight excluding hydrogens is 248 g/mol. The average Bonchev–Trinajstić information content (AvgIpc) is 2.34. The molecule has 20 heavy (non-hydrogen) atoms. The third-order valence-electron chi connectivity index (χ3n) is 3.41. The first-order valence-electron chi connectivity index (χ1n) is 7.33. The number of ketones is 1. The minimum absolute atomic E-state index is 0.247. The molecule has 0 aliphatic heterocycles. The Morgan fingerprint density at radius 3 is 2.10 bits per heavy atom. The van der Waals surface area contributed by atoms with Gasteiger partial charge in [-0.25, -0.2) is 0 Å². The van der Waals surface area contributed by atoms with Gasteiger partial charge in [0.1, 0.15) is 0 Å². The second-order valence-corrected chi connectivity index (χ2v) is 6.01. The lowest BCUT2D eigenvalue weighted by Crippen LogP contribution is -2.26. The van der Waals surface area contributed by atoms with Gasteiger partial charge in [0.15, 0.2) is 5.78 Å². The van der Waals surface area contributed by atoms with Crippen LogP contribution in [-0.4, -0.2) is 56.4 Å². The highest BCUT2D eigenvalue weighted by molar-refractivity contribution is 5.96. The molecule has 3 nitrogen and oxygen atoms in total. The van der Waals surface area contributed by atoms with Gasteiger partial charge in [-0.15, -0.1) is 0 Å². The number of nitrogens with zero attached hydrogens (tertiary/aromatic N) is 2. The van der Waals surface area contributed by atoms with Crippen LogP contribution in [0.1, 0.15) is 34.3 Å². The number of Topliss-reactive ketones (excluding diaryl/α,β-unsaturated/α-hetero) is 1. The molecule has 0 fully saturated rings. The van der Waals surface area contributed by atoms with Gasteiger partial charge < -0.3 is 9.80 Å². The first kappa shape index (κ1) is 16.9. The van der Waals surface area contributed by atoms with Crippen LogP contribution in [0.25, 0.3) is 0 Å². The molecule has 0 bridgehead atoms. The van der Waals surface area contributed by atoms with Crippen molar-refractivity contribution in [3.8, 4) is 0 Å². The Balaban J connectivity index is 2.39. The molecule has 0 aliphatic rings. The average molecular weight is 276 g/mol. The summed E-state index contributed by atoms with van der Waals surface area (Å²) < 4.78 is 0. The summed E-state index contributed by atoms with van der Waals surface area (Å²) in [6.07, 6.45) is 1.74. The molecule has 0 atom stereocenters. The maximum atomic E-state index is 12.2. The molecular formula is C17H28N2O. The van der Waals surface area contributed by atoms with Crippen LogP contribution in [0.5, 0.6) is 0 Å². The Hall–Kier alpha value is -1.19. The fraction of sp³-hybridized carbons (Fsp3) is 0.588. The Morgan fingerprint density at radius 1 is 0.950 bits per heavy atom. The Kier molecular flexibility index (Phi) is 6.89. The van der Waals surface area contributed by atoms with Crippen molar-refractivity contribution < 1.29 is 4.79 Å². The van der Waals surface area contributed by atoms with E-state index in [0.717, 1.165) is 42.7 Å². The monoisotopic (exact) mass is 276 g/mol. The summed E-state index contributed by atoms with van der Waals surface area (Å²) >= 11 is 0. The first-order chi connectivity index (χ1) is 9.38. The molecule has 0 saturated heterocycles. The molecule has 0 aliphatic carbocycles. The van der Waals surface area contributed by atoms with Crippen molar-refractivity contribution in [3.63, 3.8) is 0 Å². The zero-order valence-corrected chi connectivity index (χ0v) is 13.6. The summed E-state index contributed by atoms with van der Waals surface area (Å²) in [4.78, 5) is 16.6. The summed E-state index contributed by atoms with van der Waals surface area (Å²) in [5.41, 5.74) is 3.17. The summed E-state index contributed by atoms with van der Waals surface area (Å²) in [6, 6.07) is 6.08. The molecule has 112 valence electrons. The topological polar surface area (TPSA) is 23.6 Å². The fourth-order valence-corrected chi connectivity index (χ4v) is 2.34. The Labute approximate surface area is 123 Å². The number of carbonyl (C=O) groups is 1. The van der Waals surface area contributed by atoms with Crippen LogP contribution < -0.4 is 0 Å². The van der Waals surface area contributed by atoms with Crippen LogP contribution in [0.15, 0.2) is 18.2 Å². The molecule has 0 heterocycles. The second kappa shape index (κ2) is 8.18. The molecule has 0 amide bonds. The molecule has 0 saturated carbocycles. The summed E-state index contributed by atoms with van der Waals surface area (Å²) in [5.74, 6) is 0.247. The smallest absolute Gasteiger partial charge is 0.164 e. The molecule has 1 rings (SSSR count). The highest BCUT2D eigenvalue weighted by atomic mass is 16.1. The summed E-state index contributed by atoms with van der Waals surface area (Å²) in [7, 11) is 6.26. The van der Waals surface area contributed by atoms with Gasteiger partial charge in [0, 0.05) is 18.5 Å². The van der Waals surface area contributed by atoms with Gasteiger partial charge in [-0.1, -0.05) is 17.2 Å². The minimum Gasteiger partial charge on any atom is -0.309 e. The summed E-state index contributed by atoms with van der Waals surface area (Å²) in [6.45, 7) is 7.04. The SMILES string of the molecule is Cc1cc(C)cc(C(=O)CCN(C)CCCN(C)C)c1. The van der Waals surface area contributed by atoms with Crippen molar-refractivity contribution in [1.29, 1.82) is 0 Å². The largest absolute Gasteiger partial charge is 0.309 e. The third kappa shape index (κ3) is 6.31. The van der Waals surface area contributed by atoms with Crippen molar-refractivity contribution in [1.82, 2.24) is 9.80 Å². The van der Waals surface area contributed by atoms with E-state index in [1.807, 2.05) is 26.0 Å². The third-order valence-corrected chi connectivity index (χ3v) is 3.41. The van der Waals surface area contributed by atoms with E-state index in [0.29, 0.717) is 6.42 Å². The number of rotatable bonds is 8. The van der Waals surface area contributed by atoms with Crippen molar-refractivity contribution >= 4 is 5.78 Å². The van der Waals surface area contributed by atoms with Crippen LogP contribution in [0.2, 0.25) is 0 Å². The van der Waals surface area contributed by atoms with E-state index >= 15 is 0 Å². The number of aryl methyl sites for hydroxylation is 2. The molecule has 0 aromatic heterocycles. The Bertz CT molecular complexity index is 420. The zero-order chi connectivity index (χ0) is 15.1. The molecule has 1 aromatic carbocycles. The predicted octanol–water partition coefficient (Wildman–Crippen LogP) is 2.76. The van der Waals surface area contributed by atoms with Gasteiger partial charge in [-0.3, -0.25) is 4.79 Å². The van der Waals surface area contributed by atoms with E-state index in [1.54, 1.807) is 0 Å². The van der Waals surface area contributed by atoms with E-state index in [1.165, 1.54) is 0 Å². The second-order valence-electron chi connectivity index (χ2n) is 6.01. The number of carbonyl (C=O) groups excluding carboxylic acids is 1. The molecule has 3 heteroatoms. The van der Waals surface area contributed by atoms with E-state index in [-0.39, 0.29) is 5.78 Å². The van der Waals surface area contributed by atoms with E-state index < -0.39 is 0 Å². The quantitative estimate of drug-likeness (QED) is 0.682. The highest BCUT2D eigenvalue weighted by Crippen LogP contribution is 2.11. The lowest BCUT2D eigenvalue weighted by atomic mass is 10.0. The molecule has 0 N–H and O–H groups in total. The maximum Gasteiger partial charge on any atom is 0.164 e.